The minimum atomic E-state index is -0.584. The number of hydrogen-bond acceptors (Lipinski definition) is 4. The number of amides is 1. The molecule has 0 fully saturated rings. The molecule has 1 atom stereocenters. The molecule has 5 nitrogen and oxygen atoms in total. The zero-order valence-corrected chi connectivity index (χ0v) is 18.7. The van der Waals surface area contributed by atoms with Gasteiger partial charge in [0.1, 0.15) is 0 Å². The van der Waals surface area contributed by atoms with E-state index in [4.69, 9.17) is 9.47 Å². The van der Waals surface area contributed by atoms with Crippen molar-refractivity contribution in [2.24, 2.45) is 0 Å². The van der Waals surface area contributed by atoms with Crippen LogP contribution in [0.25, 0.3) is 12.2 Å². The molecule has 0 bridgehead atoms. The fourth-order valence-electron chi connectivity index (χ4n) is 3.31. The molecule has 1 amide bonds. The van der Waals surface area contributed by atoms with E-state index in [0.717, 1.165) is 16.7 Å². The molecule has 0 spiro atoms. The van der Waals surface area contributed by atoms with Gasteiger partial charge in [0.05, 0.1) is 20.1 Å². The minimum absolute atomic E-state index is 0.126. The van der Waals surface area contributed by atoms with Crippen molar-refractivity contribution in [3.63, 3.8) is 0 Å². The summed E-state index contributed by atoms with van der Waals surface area (Å²) in [5, 5.41) is 2.84. The molecule has 0 radical (unpaired) electrons. The summed E-state index contributed by atoms with van der Waals surface area (Å²) >= 11 is 0. The summed E-state index contributed by atoms with van der Waals surface area (Å²) in [6, 6.07) is 24.5. The predicted octanol–water partition coefficient (Wildman–Crippen LogP) is 4.90. The SMILES string of the molecule is COc1ccc([C@H](CNC(=O)/C=C/c2ccccc2)C(=O)/C=C/c2ccccc2)cc1OC. The van der Waals surface area contributed by atoms with Gasteiger partial charge in [0, 0.05) is 12.6 Å². The van der Waals surface area contributed by atoms with E-state index in [-0.39, 0.29) is 18.2 Å². The summed E-state index contributed by atoms with van der Waals surface area (Å²) in [5.41, 5.74) is 2.57. The number of methoxy groups -OCH3 is 2. The number of ether oxygens (including phenoxy) is 2. The van der Waals surface area contributed by atoms with Gasteiger partial charge in [-0.1, -0.05) is 72.8 Å². The third-order valence-corrected chi connectivity index (χ3v) is 5.10. The first kappa shape index (κ1) is 23.5. The molecule has 168 valence electrons. The lowest BCUT2D eigenvalue weighted by molar-refractivity contribution is -0.117. The Kier molecular flexibility index (Phi) is 8.60. The number of hydrogen-bond donors (Lipinski definition) is 1. The van der Waals surface area contributed by atoms with Crippen LogP contribution in [0.2, 0.25) is 0 Å². The van der Waals surface area contributed by atoms with Crippen molar-refractivity contribution in [3.8, 4) is 11.5 Å². The van der Waals surface area contributed by atoms with Crippen LogP contribution in [0.15, 0.2) is 91.0 Å². The third-order valence-electron chi connectivity index (χ3n) is 5.10. The second-order valence-electron chi connectivity index (χ2n) is 7.30. The molecule has 0 unspecified atom stereocenters. The van der Waals surface area contributed by atoms with E-state index in [0.29, 0.717) is 11.5 Å². The van der Waals surface area contributed by atoms with E-state index in [1.807, 2.05) is 66.7 Å². The second kappa shape index (κ2) is 12.1. The number of rotatable bonds is 10. The van der Waals surface area contributed by atoms with Gasteiger partial charge in [0.25, 0.3) is 0 Å². The fourth-order valence-corrected chi connectivity index (χ4v) is 3.31. The molecule has 0 aromatic heterocycles. The summed E-state index contributed by atoms with van der Waals surface area (Å²) in [5.74, 6) is 0.110. The lowest BCUT2D eigenvalue weighted by Crippen LogP contribution is -2.30. The Morgan fingerprint density at radius 2 is 1.36 bits per heavy atom. The van der Waals surface area contributed by atoms with Crippen molar-refractivity contribution >= 4 is 23.8 Å². The van der Waals surface area contributed by atoms with Crippen LogP contribution in [0.3, 0.4) is 0 Å². The summed E-state index contributed by atoms with van der Waals surface area (Å²) in [7, 11) is 3.10. The first-order valence-electron chi connectivity index (χ1n) is 10.6. The Hall–Kier alpha value is -4.12. The van der Waals surface area contributed by atoms with Gasteiger partial charge in [0.15, 0.2) is 17.3 Å². The van der Waals surface area contributed by atoms with Crippen LogP contribution in [0.1, 0.15) is 22.6 Å². The number of carbonyl (C=O) groups is 2. The zero-order chi connectivity index (χ0) is 23.5. The highest BCUT2D eigenvalue weighted by Gasteiger charge is 2.21. The highest BCUT2D eigenvalue weighted by molar-refractivity contribution is 5.99. The molecule has 0 aliphatic rings. The van der Waals surface area contributed by atoms with Crippen LogP contribution in [0.4, 0.5) is 0 Å². The van der Waals surface area contributed by atoms with Gasteiger partial charge in [-0.05, 0) is 41.0 Å². The molecule has 0 aliphatic carbocycles. The minimum Gasteiger partial charge on any atom is -0.493 e. The van der Waals surface area contributed by atoms with Gasteiger partial charge in [-0.3, -0.25) is 9.59 Å². The Morgan fingerprint density at radius 1 is 0.788 bits per heavy atom. The average molecular weight is 442 g/mol. The van der Waals surface area contributed by atoms with E-state index in [2.05, 4.69) is 5.32 Å². The maximum Gasteiger partial charge on any atom is 0.244 e. The summed E-state index contributed by atoms with van der Waals surface area (Å²) in [6.07, 6.45) is 6.51. The van der Waals surface area contributed by atoms with Gasteiger partial charge < -0.3 is 14.8 Å². The van der Waals surface area contributed by atoms with Crippen molar-refractivity contribution in [2.75, 3.05) is 20.8 Å². The maximum atomic E-state index is 13.1. The second-order valence-corrected chi connectivity index (χ2v) is 7.30. The standard InChI is InChI=1S/C28H27NO4/c1-32-26-17-15-23(19-27(26)33-2)24(25(30)16-13-21-9-5-3-6-10-21)20-29-28(31)18-14-22-11-7-4-8-12-22/h3-19,24H,20H2,1-2H3,(H,29,31)/b16-13+,18-14+/t24-/m0/s1. The fraction of sp³-hybridized carbons (Fsp3) is 0.143. The quantitative estimate of drug-likeness (QED) is 0.455. The lowest BCUT2D eigenvalue weighted by Gasteiger charge is -2.17. The molecule has 0 heterocycles. The van der Waals surface area contributed by atoms with Crippen molar-refractivity contribution in [1.82, 2.24) is 5.32 Å². The van der Waals surface area contributed by atoms with Crippen LogP contribution in [-0.2, 0) is 9.59 Å². The molecule has 3 aromatic carbocycles. The van der Waals surface area contributed by atoms with Crippen LogP contribution >= 0.6 is 0 Å². The van der Waals surface area contributed by atoms with Crippen molar-refractivity contribution in [1.29, 1.82) is 0 Å². The molecule has 0 saturated heterocycles. The number of benzene rings is 3. The van der Waals surface area contributed by atoms with Gasteiger partial charge >= 0.3 is 0 Å². The predicted molar refractivity (Wildman–Crippen MR) is 131 cm³/mol. The Balaban J connectivity index is 1.79. The van der Waals surface area contributed by atoms with E-state index < -0.39 is 5.92 Å². The molecule has 33 heavy (non-hydrogen) atoms. The monoisotopic (exact) mass is 441 g/mol. The molecule has 5 heteroatoms. The van der Waals surface area contributed by atoms with Gasteiger partial charge in [-0.2, -0.15) is 0 Å². The molecular formula is C28H27NO4. The summed E-state index contributed by atoms with van der Waals surface area (Å²) < 4.78 is 10.7. The topological polar surface area (TPSA) is 64.6 Å². The number of ketones is 1. The normalized spacial score (nSPS) is 11.9. The molecule has 3 aromatic rings. The highest BCUT2D eigenvalue weighted by atomic mass is 16.5. The Morgan fingerprint density at radius 3 is 1.94 bits per heavy atom. The van der Waals surface area contributed by atoms with Crippen molar-refractivity contribution < 1.29 is 19.1 Å². The van der Waals surface area contributed by atoms with E-state index >= 15 is 0 Å². The smallest absolute Gasteiger partial charge is 0.244 e. The van der Waals surface area contributed by atoms with Gasteiger partial charge in [-0.25, -0.2) is 0 Å². The molecule has 0 aliphatic heterocycles. The van der Waals surface area contributed by atoms with Crippen LogP contribution in [-0.4, -0.2) is 32.5 Å². The third kappa shape index (κ3) is 6.94. The summed E-state index contributed by atoms with van der Waals surface area (Å²) in [4.78, 5) is 25.5. The first-order valence-corrected chi connectivity index (χ1v) is 10.6. The van der Waals surface area contributed by atoms with Crippen LogP contribution < -0.4 is 14.8 Å². The highest BCUT2D eigenvalue weighted by Crippen LogP contribution is 2.31. The number of carbonyl (C=O) groups excluding carboxylic acids is 2. The summed E-state index contributed by atoms with van der Waals surface area (Å²) in [6.45, 7) is 0.144. The molecule has 0 saturated carbocycles. The zero-order valence-electron chi connectivity index (χ0n) is 18.7. The Labute approximate surface area is 194 Å². The lowest BCUT2D eigenvalue weighted by atomic mass is 9.93. The van der Waals surface area contributed by atoms with Crippen LogP contribution in [0, 0.1) is 0 Å². The van der Waals surface area contributed by atoms with E-state index in [1.165, 1.54) is 6.08 Å². The maximum absolute atomic E-state index is 13.1. The van der Waals surface area contributed by atoms with E-state index in [1.54, 1.807) is 44.6 Å². The first-order chi connectivity index (χ1) is 16.1. The van der Waals surface area contributed by atoms with Crippen molar-refractivity contribution in [3.05, 3.63) is 108 Å². The van der Waals surface area contributed by atoms with Gasteiger partial charge in [-0.15, -0.1) is 0 Å². The van der Waals surface area contributed by atoms with Crippen LogP contribution in [0.5, 0.6) is 11.5 Å². The Bertz CT molecular complexity index is 1120. The van der Waals surface area contributed by atoms with Crippen molar-refractivity contribution in [2.45, 2.75) is 5.92 Å². The number of allylic oxidation sites excluding steroid dienone is 1. The average Bonchev–Trinajstić information content (AvgIpc) is 2.87. The molecular weight excluding hydrogens is 414 g/mol. The van der Waals surface area contributed by atoms with E-state index in [9.17, 15) is 9.59 Å². The number of nitrogens with one attached hydrogen (secondary N) is 1. The van der Waals surface area contributed by atoms with Gasteiger partial charge in [0.2, 0.25) is 5.91 Å². The largest absolute Gasteiger partial charge is 0.493 e. The molecule has 3 rings (SSSR count). The molecule has 1 N–H and O–H groups in total.